The summed E-state index contributed by atoms with van der Waals surface area (Å²) in [5.74, 6) is -3.66. The number of hydrogen-bond donors (Lipinski definition) is 1. The van der Waals surface area contributed by atoms with Gasteiger partial charge in [-0.3, -0.25) is 4.79 Å². The zero-order valence-corrected chi connectivity index (χ0v) is 13.8. The molecule has 0 aliphatic heterocycles. The average Bonchev–Trinajstić information content (AvgIpc) is 2.44. The quantitative estimate of drug-likeness (QED) is 0.715. The van der Waals surface area contributed by atoms with Crippen LogP contribution >= 0.6 is 31.9 Å². The average molecular weight is 420 g/mol. The molecule has 0 aliphatic rings. The molecule has 1 unspecified atom stereocenters. The maximum Gasteiger partial charge on any atom is 0.311 e. The first-order valence-electron chi connectivity index (χ1n) is 6.00. The fourth-order valence-electron chi connectivity index (χ4n) is 2.00. The minimum Gasteiger partial charge on any atom is -0.481 e. The van der Waals surface area contributed by atoms with Gasteiger partial charge in [-0.05, 0) is 52.2 Å². The molecule has 0 amide bonds. The summed E-state index contributed by atoms with van der Waals surface area (Å²) < 4.78 is 28.7. The second-order valence-electron chi connectivity index (χ2n) is 4.47. The first-order chi connectivity index (χ1) is 9.90. The van der Waals surface area contributed by atoms with Crippen LogP contribution in [0.1, 0.15) is 17.0 Å². The lowest BCUT2D eigenvalue weighted by molar-refractivity contribution is -0.138. The zero-order valence-electron chi connectivity index (χ0n) is 10.6. The first kappa shape index (κ1) is 16.1. The summed E-state index contributed by atoms with van der Waals surface area (Å²) >= 11 is 6.24. The number of aliphatic carboxylic acids is 1. The zero-order chi connectivity index (χ0) is 15.6. The number of rotatable bonds is 4. The summed E-state index contributed by atoms with van der Waals surface area (Å²) in [4.78, 5) is 11.4. The van der Waals surface area contributed by atoms with Crippen LogP contribution in [0.2, 0.25) is 0 Å². The topological polar surface area (TPSA) is 37.3 Å². The third-order valence-electron chi connectivity index (χ3n) is 3.12. The van der Waals surface area contributed by atoms with Crippen LogP contribution in [-0.4, -0.2) is 11.1 Å². The largest absolute Gasteiger partial charge is 0.481 e. The van der Waals surface area contributed by atoms with Crippen LogP contribution in [0, 0.1) is 11.6 Å². The van der Waals surface area contributed by atoms with Crippen molar-refractivity contribution in [2.75, 3.05) is 0 Å². The van der Waals surface area contributed by atoms with Crippen LogP contribution in [-0.2, 0) is 11.2 Å². The Labute approximate surface area is 137 Å². The molecule has 0 saturated heterocycles. The normalized spacial score (nSPS) is 12.2. The Morgan fingerprint density at radius 3 is 2.29 bits per heavy atom. The van der Waals surface area contributed by atoms with E-state index in [0.717, 1.165) is 10.5 Å². The maximum absolute atomic E-state index is 14.0. The van der Waals surface area contributed by atoms with E-state index >= 15 is 0 Å². The molecule has 21 heavy (non-hydrogen) atoms. The van der Waals surface area contributed by atoms with Crippen LogP contribution in [0.15, 0.2) is 45.3 Å². The SMILES string of the molecule is O=C(O)C(Cc1c(F)ccc(Br)c1F)c1ccc(Br)cc1. The van der Waals surface area contributed by atoms with Gasteiger partial charge in [0, 0.05) is 10.0 Å². The molecule has 6 heteroatoms. The van der Waals surface area contributed by atoms with E-state index in [9.17, 15) is 18.7 Å². The fourth-order valence-corrected chi connectivity index (χ4v) is 2.64. The highest BCUT2D eigenvalue weighted by atomic mass is 79.9. The molecule has 1 N–H and O–H groups in total. The van der Waals surface area contributed by atoms with E-state index in [4.69, 9.17) is 0 Å². The van der Waals surface area contributed by atoms with Crippen LogP contribution < -0.4 is 0 Å². The molecule has 110 valence electrons. The number of halogens is 4. The minimum absolute atomic E-state index is 0.110. The summed E-state index contributed by atoms with van der Waals surface area (Å²) in [7, 11) is 0. The predicted octanol–water partition coefficient (Wildman–Crippen LogP) is 4.90. The Bertz CT molecular complexity index is 672. The molecule has 0 radical (unpaired) electrons. The lowest BCUT2D eigenvalue weighted by Crippen LogP contribution is -2.16. The van der Waals surface area contributed by atoms with Crippen LogP contribution in [0.4, 0.5) is 8.78 Å². The molecule has 0 aromatic heterocycles. The van der Waals surface area contributed by atoms with Crippen molar-refractivity contribution in [1.82, 2.24) is 0 Å². The van der Waals surface area contributed by atoms with Gasteiger partial charge in [-0.25, -0.2) is 8.78 Å². The van der Waals surface area contributed by atoms with Gasteiger partial charge >= 0.3 is 5.97 Å². The van der Waals surface area contributed by atoms with Gasteiger partial charge in [-0.15, -0.1) is 0 Å². The van der Waals surface area contributed by atoms with Crippen LogP contribution in [0.5, 0.6) is 0 Å². The second kappa shape index (κ2) is 6.66. The van der Waals surface area contributed by atoms with Crippen molar-refractivity contribution in [2.24, 2.45) is 0 Å². The van der Waals surface area contributed by atoms with Crippen molar-refractivity contribution in [3.8, 4) is 0 Å². The number of benzene rings is 2. The van der Waals surface area contributed by atoms with Crippen molar-refractivity contribution in [1.29, 1.82) is 0 Å². The molecule has 2 aromatic carbocycles. The summed E-state index contributed by atoms with van der Waals surface area (Å²) in [5.41, 5.74) is 0.254. The molecule has 2 rings (SSSR count). The number of hydrogen-bond acceptors (Lipinski definition) is 1. The van der Waals surface area contributed by atoms with E-state index in [-0.39, 0.29) is 16.5 Å². The van der Waals surface area contributed by atoms with Gasteiger partial charge in [0.2, 0.25) is 0 Å². The molecule has 0 saturated carbocycles. The third-order valence-corrected chi connectivity index (χ3v) is 4.26. The molecule has 1 atom stereocenters. The monoisotopic (exact) mass is 418 g/mol. The number of carboxylic acid groups (broad SMARTS) is 1. The molecular formula is C15H10Br2F2O2. The number of carbonyl (C=O) groups is 1. The third kappa shape index (κ3) is 3.68. The van der Waals surface area contributed by atoms with Crippen LogP contribution in [0.3, 0.4) is 0 Å². The number of carboxylic acids is 1. The lowest BCUT2D eigenvalue weighted by atomic mass is 9.91. The molecule has 2 aromatic rings. The Morgan fingerprint density at radius 1 is 1.10 bits per heavy atom. The Morgan fingerprint density at radius 2 is 1.71 bits per heavy atom. The van der Waals surface area contributed by atoms with Gasteiger partial charge in [0.1, 0.15) is 11.6 Å². The standard InChI is InChI=1S/C15H10Br2F2O2/c16-9-3-1-8(2-4-9)10(15(20)21)7-11-13(18)6-5-12(17)14(11)19/h1-6,10H,7H2,(H,20,21). The Balaban J connectivity index is 2.40. The van der Waals surface area contributed by atoms with E-state index in [1.165, 1.54) is 6.07 Å². The van der Waals surface area contributed by atoms with Crippen LogP contribution in [0.25, 0.3) is 0 Å². The maximum atomic E-state index is 14.0. The molecule has 0 bridgehead atoms. The summed E-state index contributed by atoms with van der Waals surface area (Å²) in [6.07, 6.45) is -0.256. The van der Waals surface area contributed by atoms with Crippen molar-refractivity contribution in [2.45, 2.75) is 12.3 Å². The molecule has 0 fully saturated rings. The first-order valence-corrected chi connectivity index (χ1v) is 7.59. The minimum atomic E-state index is -1.13. The smallest absolute Gasteiger partial charge is 0.311 e. The molecule has 0 spiro atoms. The van der Waals surface area contributed by atoms with Crippen molar-refractivity contribution in [3.05, 3.63) is 68.1 Å². The highest BCUT2D eigenvalue weighted by Gasteiger charge is 2.24. The second-order valence-corrected chi connectivity index (χ2v) is 6.24. The van der Waals surface area contributed by atoms with Gasteiger partial charge in [-0.2, -0.15) is 0 Å². The van der Waals surface area contributed by atoms with E-state index in [0.29, 0.717) is 5.56 Å². The van der Waals surface area contributed by atoms with E-state index < -0.39 is 23.5 Å². The van der Waals surface area contributed by atoms with E-state index in [1.54, 1.807) is 24.3 Å². The summed E-state index contributed by atoms with van der Waals surface area (Å²) in [5, 5.41) is 9.34. The van der Waals surface area contributed by atoms with Gasteiger partial charge in [0.05, 0.1) is 10.4 Å². The summed E-state index contributed by atoms with van der Waals surface area (Å²) in [6, 6.07) is 9.00. The van der Waals surface area contributed by atoms with Gasteiger partial charge < -0.3 is 5.11 Å². The van der Waals surface area contributed by atoms with Crippen molar-refractivity contribution >= 4 is 37.8 Å². The molecule has 0 aliphatic carbocycles. The van der Waals surface area contributed by atoms with E-state index in [2.05, 4.69) is 31.9 Å². The highest BCUT2D eigenvalue weighted by molar-refractivity contribution is 9.10. The summed E-state index contributed by atoms with van der Waals surface area (Å²) in [6.45, 7) is 0. The molecule has 0 heterocycles. The Kier molecular flexibility index (Phi) is 5.11. The Hall–Kier alpha value is -1.27. The van der Waals surface area contributed by atoms with Crippen molar-refractivity contribution in [3.63, 3.8) is 0 Å². The lowest BCUT2D eigenvalue weighted by Gasteiger charge is -2.14. The van der Waals surface area contributed by atoms with Gasteiger partial charge in [0.25, 0.3) is 0 Å². The fraction of sp³-hybridized carbons (Fsp3) is 0.133. The van der Waals surface area contributed by atoms with Gasteiger partial charge in [-0.1, -0.05) is 28.1 Å². The highest BCUT2D eigenvalue weighted by Crippen LogP contribution is 2.28. The van der Waals surface area contributed by atoms with E-state index in [1.807, 2.05) is 0 Å². The molecule has 2 nitrogen and oxygen atoms in total. The molecular weight excluding hydrogens is 410 g/mol. The van der Waals surface area contributed by atoms with Crippen molar-refractivity contribution < 1.29 is 18.7 Å². The van der Waals surface area contributed by atoms with Gasteiger partial charge in [0.15, 0.2) is 0 Å². The predicted molar refractivity (Wildman–Crippen MR) is 82.3 cm³/mol.